The highest BCUT2D eigenvalue weighted by Crippen LogP contribution is 2.17. The first-order valence-corrected chi connectivity index (χ1v) is 9.63. The summed E-state index contributed by atoms with van der Waals surface area (Å²) >= 11 is 0. The molecule has 0 fully saturated rings. The van der Waals surface area contributed by atoms with E-state index in [1.807, 2.05) is 31.2 Å². The fourth-order valence-electron chi connectivity index (χ4n) is 2.80. The molecular weight excluding hydrogens is 364 g/mol. The van der Waals surface area contributed by atoms with Crippen LogP contribution in [0.2, 0.25) is 0 Å². The van der Waals surface area contributed by atoms with Gasteiger partial charge in [-0.15, -0.1) is 0 Å². The lowest BCUT2D eigenvalue weighted by Crippen LogP contribution is -2.14. The topological polar surface area (TPSA) is 67.4 Å². The van der Waals surface area contributed by atoms with Gasteiger partial charge in [0, 0.05) is 22.5 Å². The molecule has 3 aromatic rings. The predicted molar refractivity (Wildman–Crippen MR) is 116 cm³/mol. The van der Waals surface area contributed by atoms with Crippen molar-refractivity contribution in [3.8, 4) is 5.75 Å². The summed E-state index contributed by atoms with van der Waals surface area (Å²) in [5, 5.41) is 5.69. The van der Waals surface area contributed by atoms with Gasteiger partial charge in [0.1, 0.15) is 5.75 Å². The van der Waals surface area contributed by atoms with Gasteiger partial charge in [0.15, 0.2) is 0 Å². The van der Waals surface area contributed by atoms with Gasteiger partial charge in [0.2, 0.25) is 0 Å². The van der Waals surface area contributed by atoms with Crippen molar-refractivity contribution in [2.45, 2.75) is 20.3 Å². The van der Waals surface area contributed by atoms with Crippen LogP contribution in [0, 0.1) is 0 Å². The molecule has 0 bridgehead atoms. The normalized spacial score (nSPS) is 10.3. The second kappa shape index (κ2) is 9.55. The number of aryl methyl sites for hydroxylation is 1. The van der Waals surface area contributed by atoms with Crippen LogP contribution < -0.4 is 15.4 Å². The van der Waals surface area contributed by atoms with Crippen LogP contribution in [0.15, 0.2) is 72.8 Å². The maximum Gasteiger partial charge on any atom is 0.255 e. The quantitative estimate of drug-likeness (QED) is 0.588. The Balaban J connectivity index is 1.60. The van der Waals surface area contributed by atoms with Crippen molar-refractivity contribution >= 4 is 23.2 Å². The van der Waals surface area contributed by atoms with Gasteiger partial charge < -0.3 is 15.4 Å². The van der Waals surface area contributed by atoms with Crippen molar-refractivity contribution in [1.82, 2.24) is 0 Å². The van der Waals surface area contributed by atoms with Crippen LogP contribution in [0.1, 0.15) is 40.1 Å². The van der Waals surface area contributed by atoms with Crippen molar-refractivity contribution in [2.24, 2.45) is 0 Å². The molecule has 0 unspecified atom stereocenters. The van der Waals surface area contributed by atoms with E-state index in [9.17, 15) is 9.59 Å². The van der Waals surface area contributed by atoms with Crippen molar-refractivity contribution in [1.29, 1.82) is 0 Å². The molecule has 0 saturated carbocycles. The van der Waals surface area contributed by atoms with Crippen LogP contribution >= 0.6 is 0 Å². The lowest BCUT2D eigenvalue weighted by molar-refractivity contribution is 0.101. The van der Waals surface area contributed by atoms with Gasteiger partial charge in [0.05, 0.1) is 6.61 Å². The average Bonchev–Trinajstić information content (AvgIpc) is 2.76. The van der Waals surface area contributed by atoms with Crippen LogP contribution in [0.5, 0.6) is 5.75 Å². The molecule has 29 heavy (non-hydrogen) atoms. The van der Waals surface area contributed by atoms with Gasteiger partial charge in [-0.2, -0.15) is 0 Å². The fourth-order valence-corrected chi connectivity index (χ4v) is 2.80. The van der Waals surface area contributed by atoms with E-state index in [4.69, 9.17) is 4.74 Å². The van der Waals surface area contributed by atoms with E-state index in [0.717, 1.165) is 17.9 Å². The molecule has 0 atom stereocenters. The highest BCUT2D eigenvalue weighted by atomic mass is 16.5. The Morgan fingerprint density at radius 1 is 0.690 bits per heavy atom. The Bertz CT molecular complexity index is 963. The molecule has 0 radical (unpaired) electrons. The highest BCUT2D eigenvalue weighted by Gasteiger charge is 2.10. The highest BCUT2D eigenvalue weighted by molar-refractivity contribution is 6.07. The number of carbonyl (C=O) groups excluding carboxylic acids is 2. The van der Waals surface area contributed by atoms with Crippen molar-refractivity contribution in [2.75, 3.05) is 17.2 Å². The molecular formula is C24H24N2O3. The number of amides is 2. The van der Waals surface area contributed by atoms with E-state index in [0.29, 0.717) is 23.4 Å². The lowest BCUT2D eigenvalue weighted by atomic mass is 10.1. The third kappa shape index (κ3) is 5.45. The standard InChI is InChI=1S/C24H24N2O3/c1-3-17-5-11-20(12-6-17)25-23(27)18-7-9-19(10-8-18)24(28)26-21-13-15-22(16-14-21)29-4-2/h5-16H,3-4H2,1-2H3,(H,25,27)(H,26,28). The largest absolute Gasteiger partial charge is 0.494 e. The van der Waals surface area contributed by atoms with Gasteiger partial charge >= 0.3 is 0 Å². The number of ether oxygens (including phenoxy) is 1. The molecule has 0 aliphatic heterocycles. The predicted octanol–water partition coefficient (Wildman–Crippen LogP) is 5.15. The minimum Gasteiger partial charge on any atom is -0.494 e. The zero-order chi connectivity index (χ0) is 20.6. The first-order valence-electron chi connectivity index (χ1n) is 9.63. The molecule has 0 aliphatic carbocycles. The molecule has 2 amide bonds. The molecule has 2 N–H and O–H groups in total. The Kier molecular flexibility index (Phi) is 6.63. The van der Waals surface area contributed by atoms with E-state index >= 15 is 0 Å². The molecule has 5 heteroatoms. The van der Waals surface area contributed by atoms with Gasteiger partial charge in [-0.1, -0.05) is 19.1 Å². The van der Waals surface area contributed by atoms with Crippen LogP contribution in [0.4, 0.5) is 11.4 Å². The Hall–Kier alpha value is -3.60. The van der Waals surface area contributed by atoms with Gasteiger partial charge in [-0.25, -0.2) is 0 Å². The fraction of sp³-hybridized carbons (Fsp3) is 0.167. The third-order valence-electron chi connectivity index (χ3n) is 4.45. The molecule has 148 valence electrons. The summed E-state index contributed by atoms with van der Waals surface area (Å²) in [6.07, 6.45) is 0.953. The van der Waals surface area contributed by atoms with Gasteiger partial charge in [-0.3, -0.25) is 9.59 Å². The minimum atomic E-state index is -0.240. The number of anilines is 2. The molecule has 0 heterocycles. The summed E-state index contributed by atoms with van der Waals surface area (Å²) in [4.78, 5) is 24.8. The van der Waals surface area contributed by atoms with E-state index < -0.39 is 0 Å². The summed E-state index contributed by atoms with van der Waals surface area (Å²) in [5.41, 5.74) is 3.59. The van der Waals surface area contributed by atoms with Crippen LogP contribution in [-0.4, -0.2) is 18.4 Å². The molecule has 5 nitrogen and oxygen atoms in total. The van der Waals surface area contributed by atoms with Gasteiger partial charge in [0.25, 0.3) is 11.8 Å². The maximum atomic E-state index is 12.4. The van der Waals surface area contributed by atoms with Gasteiger partial charge in [-0.05, 0) is 79.6 Å². The number of rotatable bonds is 7. The summed E-state index contributed by atoms with van der Waals surface area (Å²) < 4.78 is 5.39. The Labute approximate surface area is 170 Å². The molecule has 0 aromatic heterocycles. The third-order valence-corrected chi connectivity index (χ3v) is 4.45. The number of benzene rings is 3. The molecule has 3 rings (SSSR count). The van der Waals surface area contributed by atoms with E-state index in [1.165, 1.54) is 5.56 Å². The smallest absolute Gasteiger partial charge is 0.255 e. The number of carbonyl (C=O) groups is 2. The zero-order valence-corrected chi connectivity index (χ0v) is 16.6. The number of hydrogen-bond donors (Lipinski definition) is 2. The zero-order valence-electron chi connectivity index (χ0n) is 16.6. The van der Waals surface area contributed by atoms with E-state index in [2.05, 4.69) is 17.6 Å². The van der Waals surface area contributed by atoms with Crippen molar-refractivity contribution < 1.29 is 14.3 Å². The molecule has 3 aromatic carbocycles. The lowest BCUT2D eigenvalue weighted by Gasteiger charge is -2.09. The van der Waals surface area contributed by atoms with E-state index in [1.54, 1.807) is 48.5 Å². The van der Waals surface area contributed by atoms with Crippen molar-refractivity contribution in [3.05, 3.63) is 89.5 Å². The molecule has 0 saturated heterocycles. The number of nitrogens with one attached hydrogen (secondary N) is 2. The Morgan fingerprint density at radius 2 is 1.14 bits per heavy atom. The average molecular weight is 388 g/mol. The summed E-state index contributed by atoms with van der Waals surface area (Å²) in [6, 6.07) is 21.5. The first-order chi connectivity index (χ1) is 14.1. The maximum absolute atomic E-state index is 12.4. The minimum absolute atomic E-state index is 0.215. The van der Waals surface area contributed by atoms with Crippen LogP contribution in [-0.2, 0) is 6.42 Å². The summed E-state index contributed by atoms with van der Waals surface area (Å²) in [7, 11) is 0. The van der Waals surface area contributed by atoms with Crippen molar-refractivity contribution in [3.63, 3.8) is 0 Å². The molecule has 0 spiro atoms. The monoisotopic (exact) mass is 388 g/mol. The Morgan fingerprint density at radius 3 is 1.55 bits per heavy atom. The van der Waals surface area contributed by atoms with Crippen LogP contribution in [0.25, 0.3) is 0 Å². The summed E-state index contributed by atoms with van der Waals surface area (Å²) in [5.74, 6) is 0.300. The first kappa shape index (κ1) is 20.1. The second-order valence-electron chi connectivity index (χ2n) is 6.49. The number of hydrogen-bond acceptors (Lipinski definition) is 3. The SMILES string of the molecule is CCOc1ccc(NC(=O)c2ccc(C(=O)Nc3ccc(CC)cc3)cc2)cc1. The van der Waals surface area contributed by atoms with E-state index in [-0.39, 0.29) is 11.8 Å². The second-order valence-corrected chi connectivity index (χ2v) is 6.49. The molecule has 0 aliphatic rings. The van der Waals surface area contributed by atoms with Crippen LogP contribution in [0.3, 0.4) is 0 Å². The summed E-state index contributed by atoms with van der Waals surface area (Å²) in [6.45, 7) is 4.60.